The molecule has 1 aliphatic heterocycles. The molecule has 6 nitrogen and oxygen atoms in total. The van der Waals surface area contributed by atoms with Crippen LogP contribution in [-0.2, 0) is 10.5 Å². The predicted molar refractivity (Wildman–Crippen MR) is 51.3 cm³/mol. The zero-order valence-corrected chi connectivity index (χ0v) is 8.64. The van der Waals surface area contributed by atoms with Gasteiger partial charge in [0.15, 0.2) is 11.5 Å². The van der Waals surface area contributed by atoms with Gasteiger partial charge in [0, 0.05) is 6.92 Å². The molecular weight excluding hydrogens is 216 g/mol. The lowest BCUT2D eigenvalue weighted by Gasteiger charge is -2.17. The van der Waals surface area contributed by atoms with Crippen LogP contribution in [0.25, 0.3) is 0 Å². The normalized spacial score (nSPS) is 22.8. The van der Waals surface area contributed by atoms with Gasteiger partial charge in [-0.15, -0.1) is 0 Å². The summed E-state index contributed by atoms with van der Waals surface area (Å²) in [5.74, 6) is -3.95. The van der Waals surface area contributed by atoms with E-state index in [9.17, 15) is 20.1 Å². The van der Waals surface area contributed by atoms with Gasteiger partial charge in [0.05, 0.1) is 18.2 Å². The molecule has 0 bridgehead atoms. The Morgan fingerprint density at radius 3 is 2.56 bits per heavy atom. The van der Waals surface area contributed by atoms with E-state index in [1.54, 1.807) is 0 Å². The highest BCUT2D eigenvalue weighted by molar-refractivity contribution is 5.96. The van der Waals surface area contributed by atoms with E-state index in [-0.39, 0.29) is 16.9 Å². The first-order valence-electron chi connectivity index (χ1n) is 4.47. The van der Waals surface area contributed by atoms with Crippen molar-refractivity contribution in [2.75, 3.05) is 7.11 Å². The Balaban J connectivity index is 2.77. The fourth-order valence-electron chi connectivity index (χ4n) is 1.71. The molecule has 1 aromatic carbocycles. The van der Waals surface area contributed by atoms with Crippen molar-refractivity contribution in [1.82, 2.24) is 0 Å². The van der Waals surface area contributed by atoms with Crippen LogP contribution >= 0.6 is 0 Å². The highest BCUT2D eigenvalue weighted by Crippen LogP contribution is 2.48. The van der Waals surface area contributed by atoms with Crippen LogP contribution in [0, 0.1) is 0 Å². The number of ether oxygens (including phenoxy) is 2. The van der Waals surface area contributed by atoms with Crippen molar-refractivity contribution in [3.05, 3.63) is 17.2 Å². The average Bonchev–Trinajstić information content (AvgIpc) is 2.42. The van der Waals surface area contributed by atoms with E-state index in [1.165, 1.54) is 20.1 Å². The van der Waals surface area contributed by atoms with E-state index in [1.807, 2.05) is 0 Å². The molecule has 86 valence electrons. The van der Waals surface area contributed by atoms with E-state index in [4.69, 9.17) is 4.74 Å². The SMILES string of the molecule is COc1cc2c(c(O)c1O)C(C)(O)OC2=O. The maximum Gasteiger partial charge on any atom is 0.341 e. The van der Waals surface area contributed by atoms with Crippen molar-refractivity contribution in [3.63, 3.8) is 0 Å². The lowest BCUT2D eigenvalue weighted by Crippen LogP contribution is -2.20. The molecule has 3 N–H and O–H groups in total. The quantitative estimate of drug-likeness (QED) is 0.475. The Kier molecular flexibility index (Phi) is 1.99. The lowest BCUT2D eigenvalue weighted by molar-refractivity contribution is -0.148. The molecule has 0 radical (unpaired) electrons. The van der Waals surface area contributed by atoms with Crippen LogP contribution in [0.3, 0.4) is 0 Å². The number of benzene rings is 1. The highest BCUT2D eigenvalue weighted by atomic mass is 16.7. The third-order valence-electron chi connectivity index (χ3n) is 2.43. The molecule has 0 saturated carbocycles. The van der Waals surface area contributed by atoms with Crippen LogP contribution in [0.1, 0.15) is 22.8 Å². The van der Waals surface area contributed by atoms with Crippen LogP contribution in [0.4, 0.5) is 0 Å². The van der Waals surface area contributed by atoms with Crippen molar-refractivity contribution in [2.45, 2.75) is 12.7 Å². The standard InChI is InChI=1S/C10H10O6/c1-10(14)6-4(9(13)16-10)3-5(15-2)7(11)8(6)12/h3,11-12,14H,1-2H3. The molecule has 1 atom stereocenters. The maximum absolute atomic E-state index is 11.4. The lowest BCUT2D eigenvalue weighted by atomic mass is 10.0. The molecule has 1 heterocycles. The minimum atomic E-state index is -1.94. The summed E-state index contributed by atoms with van der Waals surface area (Å²) in [7, 11) is 1.28. The Hall–Kier alpha value is -1.95. The molecule has 1 unspecified atom stereocenters. The van der Waals surface area contributed by atoms with Gasteiger partial charge in [0.25, 0.3) is 0 Å². The number of fused-ring (bicyclic) bond motifs is 1. The number of phenolic OH excluding ortho intramolecular Hbond substituents is 2. The number of hydrogen-bond donors (Lipinski definition) is 3. The summed E-state index contributed by atoms with van der Waals surface area (Å²) in [5.41, 5.74) is -0.187. The number of cyclic esters (lactones) is 1. The third-order valence-corrected chi connectivity index (χ3v) is 2.43. The van der Waals surface area contributed by atoms with Crippen molar-refractivity contribution in [2.24, 2.45) is 0 Å². The number of phenols is 2. The van der Waals surface area contributed by atoms with Crippen LogP contribution in [0.2, 0.25) is 0 Å². The smallest absolute Gasteiger partial charge is 0.341 e. The van der Waals surface area contributed by atoms with Crippen LogP contribution in [-0.4, -0.2) is 28.4 Å². The number of hydrogen-bond acceptors (Lipinski definition) is 6. The van der Waals surface area contributed by atoms with E-state index in [2.05, 4.69) is 4.74 Å². The van der Waals surface area contributed by atoms with Gasteiger partial charge in [0.1, 0.15) is 0 Å². The zero-order valence-electron chi connectivity index (χ0n) is 8.64. The molecule has 0 aliphatic carbocycles. The van der Waals surface area contributed by atoms with E-state index < -0.39 is 23.3 Å². The summed E-state index contributed by atoms with van der Waals surface area (Å²) in [4.78, 5) is 11.4. The minimum absolute atomic E-state index is 0.0304. The zero-order chi connectivity index (χ0) is 12.1. The maximum atomic E-state index is 11.4. The molecule has 16 heavy (non-hydrogen) atoms. The number of esters is 1. The van der Waals surface area contributed by atoms with Gasteiger partial charge in [0.2, 0.25) is 11.5 Å². The summed E-state index contributed by atoms with van der Waals surface area (Å²) >= 11 is 0. The average molecular weight is 226 g/mol. The molecular formula is C10H10O6. The van der Waals surface area contributed by atoms with Crippen LogP contribution < -0.4 is 4.74 Å². The van der Waals surface area contributed by atoms with Crippen molar-refractivity contribution >= 4 is 5.97 Å². The molecule has 0 spiro atoms. The fourth-order valence-corrected chi connectivity index (χ4v) is 1.71. The Morgan fingerprint density at radius 1 is 1.38 bits per heavy atom. The molecule has 0 amide bonds. The van der Waals surface area contributed by atoms with Gasteiger partial charge in [-0.3, -0.25) is 0 Å². The Labute approximate surface area is 90.7 Å². The first-order chi connectivity index (χ1) is 7.38. The molecule has 0 aromatic heterocycles. The topological polar surface area (TPSA) is 96.2 Å². The highest BCUT2D eigenvalue weighted by Gasteiger charge is 2.44. The van der Waals surface area contributed by atoms with Crippen molar-refractivity contribution in [3.8, 4) is 17.2 Å². The first-order valence-corrected chi connectivity index (χ1v) is 4.47. The second-order valence-electron chi connectivity index (χ2n) is 3.57. The van der Waals surface area contributed by atoms with Gasteiger partial charge in [-0.05, 0) is 6.07 Å². The van der Waals surface area contributed by atoms with Gasteiger partial charge >= 0.3 is 5.97 Å². The minimum Gasteiger partial charge on any atom is -0.504 e. The van der Waals surface area contributed by atoms with Crippen LogP contribution in [0.5, 0.6) is 17.2 Å². The second kappa shape index (κ2) is 3.02. The van der Waals surface area contributed by atoms with E-state index >= 15 is 0 Å². The Morgan fingerprint density at radius 2 is 2.00 bits per heavy atom. The number of rotatable bonds is 1. The summed E-state index contributed by atoms with van der Waals surface area (Å²) in [6, 6.07) is 1.20. The van der Waals surface area contributed by atoms with Gasteiger partial charge in [-0.1, -0.05) is 0 Å². The molecule has 1 aromatic rings. The number of aromatic hydroxyl groups is 2. The second-order valence-corrected chi connectivity index (χ2v) is 3.57. The summed E-state index contributed by atoms with van der Waals surface area (Å²) in [5, 5.41) is 28.9. The van der Waals surface area contributed by atoms with Gasteiger partial charge < -0.3 is 24.8 Å². The molecule has 2 rings (SSSR count). The van der Waals surface area contributed by atoms with Crippen molar-refractivity contribution in [1.29, 1.82) is 0 Å². The largest absolute Gasteiger partial charge is 0.504 e. The van der Waals surface area contributed by atoms with Gasteiger partial charge in [-0.25, -0.2) is 4.79 Å². The molecule has 6 heteroatoms. The van der Waals surface area contributed by atoms with E-state index in [0.717, 1.165) is 0 Å². The number of methoxy groups -OCH3 is 1. The van der Waals surface area contributed by atoms with Crippen molar-refractivity contribution < 1.29 is 29.6 Å². The monoisotopic (exact) mass is 226 g/mol. The molecule has 0 fully saturated rings. The van der Waals surface area contributed by atoms with E-state index in [0.29, 0.717) is 0 Å². The third kappa shape index (κ3) is 1.20. The number of carbonyl (C=O) groups is 1. The summed E-state index contributed by atoms with van der Waals surface area (Å²) in [6.45, 7) is 1.20. The number of carbonyl (C=O) groups excluding carboxylic acids is 1. The predicted octanol–water partition coefficient (Wildman–Crippen LogP) is 0.442. The fraction of sp³-hybridized carbons (Fsp3) is 0.300. The summed E-state index contributed by atoms with van der Waals surface area (Å²) < 4.78 is 9.41. The molecule has 1 aliphatic rings. The molecule has 0 saturated heterocycles. The van der Waals surface area contributed by atoms with Gasteiger partial charge in [-0.2, -0.15) is 0 Å². The first kappa shape index (κ1) is 10.6. The summed E-state index contributed by atoms with van der Waals surface area (Å²) in [6.07, 6.45) is 0. The van der Waals surface area contributed by atoms with Crippen LogP contribution in [0.15, 0.2) is 6.07 Å². The Bertz CT molecular complexity index is 477. The number of aliphatic hydroxyl groups is 1.